The summed E-state index contributed by atoms with van der Waals surface area (Å²) >= 11 is 0. The first-order valence-corrected chi connectivity index (χ1v) is 10.5. The zero-order valence-electron chi connectivity index (χ0n) is 17.2. The molecule has 5 heteroatoms. The van der Waals surface area contributed by atoms with Gasteiger partial charge in [-0.2, -0.15) is 0 Å². The van der Waals surface area contributed by atoms with Crippen molar-refractivity contribution in [3.63, 3.8) is 0 Å². The van der Waals surface area contributed by atoms with Gasteiger partial charge >= 0.3 is 0 Å². The van der Waals surface area contributed by atoms with Crippen LogP contribution in [0.15, 0.2) is 84.6 Å². The average molecular weight is 410 g/mol. The van der Waals surface area contributed by atoms with Crippen LogP contribution >= 0.6 is 0 Å². The molecule has 2 aliphatic rings. The van der Waals surface area contributed by atoms with Crippen LogP contribution in [0.5, 0.6) is 5.75 Å². The van der Waals surface area contributed by atoms with Gasteiger partial charge in [0, 0.05) is 12.2 Å². The van der Waals surface area contributed by atoms with Gasteiger partial charge in [-0.3, -0.25) is 9.59 Å². The Morgan fingerprint density at radius 1 is 0.839 bits per heavy atom. The van der Waals surface area contributed by atoms with Crippen molar-refractivity contribution < 1.29 is 14.3 Å². The van der Waals surface area contributed by atoms with Crippen LogP contribution in [0.1, 0.15) is 18.1 Å². The van der Waals surface area contributed by atoms with Crippen molar-refractivity contribution in [2.45, 2.75) is 13.3 Å². The molecule has 2 heterocycles. The molecule has 0 aliphatic carbocycles. The van der Waals surface area contributed by atoms with E-state index < -0.39 is 0 Å². The van der Waals surface area contributed by atoms with Crippen molar-refractivity contribution in [3.8, 4) is 5.75 Å². The number of fused-ring (bicyclic) bond motifs is 1. The first-order chi connectivity index (χ1) is 15.2. The zero-order valence-corrected chi connectivity index (χ0v) is 17.2. The van der Waals surface area contributed by atoms with Gasteiger partial charge in [-0.1, -0.05) is 48.5 Å². The Balaban J connectivity index is 1.65. The van der Waals surface area contributed by atoms with Crippen molar-refractivity contribution >= 4 is 28.8 Å². The van der Waals surface area contributed by atoms with Crippen LogP contribution < -0.4 is 14.5 Å². The van der Waals surface area contributed by atoms with E-state index in [0.29, 0.717) is 35.7 Å². The molecule has 3 aromatic rings. The summed E-state index contributed by atoms with van der Waals surface area (Å²) in [7, 11) is 0. The highest BCUT2D eigenvalue weighted by molar-refractivity contribution is 6.46. The van der Waals surface area contributed by atoms with E-state index in [0.717, 1.165) is 17.9 Å². The quantitative estimate of drug-likeness (QED) is 0.584. The van der Waals surface area contributed by atoms with Crippen LogP contribution in [-0.4, -0.2) is 25.0 Å². The topological polar surface area (TPSA) is 49.9 Å². The molecule has 0 aromatic heterocycles. The molecule has 5 rings (SSSR count). The highest BCUT2D eigenvalue weighted by atomic mass is 16.5. The lowest BCUT2D eigenvalue weighted by molar-refractivity contribution is -0.120. The van der Waals surface area contributed by atoms with Gasteiger partial charge in [0.15, 0.2) is 0 Å². The minimum Gasteiger partial charge on any atom is -0.494 e. The molecular formula is C26H22N2O3. The van der Waals surface area contributed by atoms with E-state index in [4.69, 9.17) is 4.74 Å². The van der Waals surface area contributed by atoms with E-state index in [1.54, 1.807) is 12.1 Å². The summed E-state index contributed by atoms with van der Waals surface area (Å²) in [5, 5.41) is 0. The number of carbonyl (C=O) groups is 2. The van der Waals surface area contributed by atoms with Crippen LogP contribution in [0.4, 0.5) is 11.4 Å². The molecule has 0 N–H and O–H groups in total. The number of benzene rings is 3. The fourth-order valence-corrected chi connectivity index (χ4v) is 4.30. The van der Waals surface area contributed by atoms with Gasteiger partial charge in [0.05, 0.1) is 17.9 Å². The fraction of sp³-hybridized carbons (Fsp3) is 0.154. The van der Waals surface area contributed by atoms with Crippen molar-refractivity contribution in [1.29, 1.82) is 0 Å². The molecule has 0 radical (unpaired) electrons. The summed E-state index contributed by atoms with van der Waals surface area (Å²) < 4.78 is 5.55. The van der Waals surface area contributed by atoms with Gasteiger partial charge in [-0.05, 0) is 54.8 Å². The van der Waals surface area contributed by atoms with Crippen molar-refractivity contribution in [2.24, 2.45) is 0 Å². The number of rotatable bonds is 5. The summed E-state index contributed by atoms with van der Waals surface area (Å²) in [6, 6.07) is 24.5. The molecule has 5 nitrogen and oxygen atoms in total. The number of para-hydroxylation sites is 2. The molecule has 2 aliphatic heterocycles. The van der Waals surface area contributed by atoms with Crippen molar-refractivity contribution in [1.82, 2.24) is 0 Å². The van der Waals surface area contributed by atoms with E-state index in [9.17, 15) is 9.59 Å². The lowest BCUT2D eigenvalue weighted by Crippen LogP contribution is -2.34. The Hall–Kier alpha value is -3.86. The van der Waals surface area contributed by atoms with E-state index in [1.807, 2.05) is 72.5 Å². The van der Waals surface area contributed by atoms with Gasteiger partial charge < -0.3 is 9.64 Å². The lowest BCUT2D eigenvalue weighted by Gasteiger charge is -2.21. The Bertz CT molecular complexity index is 1180. The predicted octanol–water partition coefficient (Wildman–Crippen LogP) is 4.43. The van der Waals surface area contributed by atoms with E-state index in [-0.39, 0.29) is 11.8 Å². The van der Waals surface area contributed by atoms with E-state index in [1.165, 1.54) is 10.5 Å². The smallest absolute Gasteiger partial charge is 0.282 e. The van der Waals surface area contributed by atoms with Crippen molar-refractivity contribution in [3.05, 3.63) is 95.7 Å². The molecule has 0 unspecified atom stereocenters. The number of amides is 2. The second kappa shape index (κ2) is 7.76. The number of imide groups is 1. The molecule has 0 spiro atoms. The normalized spacial score (nSPS) is 15.6. The van der Waals surface area contributed by atoms with Gasteiger partial charge in [0.2, 0.25) is 0 Å². The maximum Gasteiger partial charge on any atom is 0.282 e. The summed E-state index contributed by atoms with van der Waals surface area (Å²) in [6.45, 7) is 3.16. The van der Waals surface area contributed by atoms with Gasteiger partial charge in [-0.15, -0.1) is 0 Å². The molecule has 2 amide bonds. The number of hydrogen-bond donors (Lipinski definition) is 0. The summed E-state index contributed by atoms with van der Waals surface area (Å²) in [6.07, 6.45) is 0.836. The van der Waals surface area contributed by atoms with Crippen LogP contribution in [-0.2, 0) is 16.0 Å². The largest absolute Gasteiger partial charge is 0.494 e. The zero-order chi connectivity index (χ0) is 21.4. The summed E-state index contributed by atoms with van der Waals surface area (Å²) in [5.74, 6) is 0.133. The second-order valence-electron chi connectivity index (χ2n) is 7.49. The third kappa shape index (κ3) is 3.19. The summed E-state index contributed by atoms with van der Waals surface area (Å²) in [5.41, 5.74) is 4.30. The Labute approximate surface area is 181 Å². The third-order valence-corrected chi connectivity index (χ3v) is 5.68. The number of nitrogens with zero attached hydrogens (tertiary/aromatic N) is 2. The monoisotopic (exact) mass is 410 g/mol. The first-order valence-electron chi connectivity index (χ1n) is 10.5. The number of ether oxygens (including phenoxy) is 1. The Morgan fingerprint density at radius 3 is 2.29 bits per heavy atom. The molecular weight excluding hydrogens is 388 g/mol. The van der Waals surface area contributed by atoms with Crippen molar-refractivity contribution in [2.75, 3.05) is 23.0 Å². The Kier molecular flexibility index (Phi) is 4.79. The second-order valence-corrected chi connectivity index (χ2v) is 7.49. The van der Waals surface area contributed by atoms with Gasteiger partial charge in [0.1, 0.15) is 11.4 Å². The average Bonchev–Trinajstić information content (AvgIpc) is 3.33. The first kappa shape index (κ1) is 19.1. The SMILES string of the molecule is CCOc1ccc(C2=C(N3CCc4ccccc43)C(=O)N(c3ccccc3)C2=O)cc1. The maximum absolute atomic E-state index is 13.6. The minimum absolute atomic E-state index is 0.295. The predicted molar refractivity (Wildman–Crippen MR) is 121 cm³/mol. The van der Waals surface area contributed by atoms with E-state index >= 15 is 0 Å². The molecule has 0 fully saturated rings. The molecule has 0 saturated heterocycles. The highest BCUT2D eigenvalue weighted by Gasteiger charge is 2.44. The Morgan fingerprint density at radius 2 is 1.55 bits per heavy atom. The van der Waals surface area contributed by atoms with Crippen LogP contribution in [0.3, 0.4) is 0 Å². The van der Waals surface area contributed by atoms with Crippen LogP contribution in [0, 0.1) is 0 Å². The third-order valence-electron chi connectivity index (χ3n) is 5.68. The number of hydrogen-bond acceptors (Lipinski definition) is 4. The fourth-order valence-electron chi connectivity index (χ4n) is 4.30. The molecule has 0 saturated carbocycles. The highest BCUT2D eigenvalue weighted by Crippen LogP contribution is 2.40. The molecule has 3 aromatic carbocycles. The van der Waals surface area contributed by atoms with Gasteiger partial charge in [0.25, 0.3) is 11.8 Å². The summed E-state index contributed by atoms with van der Waals surface area (Å²) in [4.78, 5) is 30.5. The molecule has 31 heavy (non-hydrogen) atoms. The standard InChI is InChI=1S/C26H22N2O3/c1-2-31-21-14-12-19(13-15-21)23-24(27-17-16-18-8-6-7-11-22(18)27)26(30)28(25(23)29)20-9-4-3-5-10-20/h3-15H,2,16-17H2,1H3. The van der Waals surface area contributed by atoms with Crippen LogP contribution in [0.2, 0.25) is 0 Å². The minimum atomic E-state index is -0.306. The van der Waals surface area contributed by atoms with E-state index in [2.05, 4.69) is 6.07 Å². The van der Waals surface area contributed by atoms with Crippen LogP contribution in [0.25, 0.3) is 5.57 Å². The molecule has 154 valence electrons. The molecule has 0 atom stereocenters. The van der Waals surface area contributed by atoms with Gasteiger partial charge in [-0.25, -0.2) is 4.90 Å². The molecule has 0 bridgehead atoms. The number of carbonyl (C=O) groups excluding carboxylic acids is 2. The maximum atomic E-state index is 13.6. The lowest BCUT2D eigenvalue weighted by atomic mass is 10.0. The number of anilines is 2.